The lowest BCUT2D eigenvalue weighted by Crippen LogP contribution is -2.15. The summed E-state index contributed by atoms with van der Waals surface area (Å²) in [6.07, 6.45) is 6.66. The van der Waals surface area contributed by atoms with Gasteiger partial charge in [-0.25, -0.2) is 9.97 Å². The highest BCUT2D eigenvalue weighted by Gasteiger charge is 2.20. The van der Waals surface area contributed by atoms with Crippen molar-refractivity contribution in [1.29, 1.82) is 0 Å². The molecule has 1 fully saturated rings. The summed E-state index contributed by atoms with van der Waals surface area (Å²) in [7, 11) is 0. The summed E-state index contributed by atoms with van der Waals surface area (Å²) < 4.78 is 5.70. The van der Waals surface area contributed by atoms with Gasteiger partial charge in [0.1, 0.15) is 5.75 Å². The zero-order valence-electron chi connectivity index (χ0n) is 11.8. The number of para-hydroxylation sites is 1. The number of hydrogen-bond donors (Lipinski definition) is 2. The third-order valence-corrected chi connectivity index (χ3v) is 3.41. The Bertz CT molecular complexity index is 582. The van der Waals surface area contributed by atoms with Crippen LogP contribution in [0.25, 0.3) is 0 Å². The van der Waals surface area contributed by atoms with Gasteiger partial charge in [0.25, 0.3) is 0 Å². The smallest absolute Gasteiger partial charge is 0.321 e. The quantitative estimate of drug-likeness (QED) is 0.815. The van der Waals surface area contributed by atoms with Crippen LogP contribution in [0.3, 0.4) is 0 Å². The Morgan fingerprint density at radius 2 is 1.95 bits per heavy atom. The maximum Gasteiger partial charge on any atom is 0.321 e. The third-order valence-electron chi connectivity index (χ3n) is 3.41. The summed E-state index contributed by atoms with van der Waals surface area (Å²) in [5, 5.41) is 12.5. The predicted octanol–water partition coefficient (Wildman–Crippen LogP) is 2.06. The Balaban J connectivity index is 1.64. The fourth-order valence-corrected chi connectivity index (χ4v) is 2.07. The summed E-state index contributed by atoms with van der Waals surface area (Å²) in [6.45, 7) is 0.888. The van der Waals surface area contributed by atoms with Gasteiger partial charge in [0.2, 0.25) is 0 Å². The Kier molecular flexibility index (Phi) is 4.43. The number of rotatable bonds is 7. The molecule has 0 bridgehead atoms. The molecule has 110 valence electrons. The minimum Gasteiger partial charge on any atom is -0.424 e. The highest BCUT2D eigenvalue weighted by molar-refractivity contribution is 5.35. The zero-order valence-corrected chi connectivity index (χ0v) is 11.8. The Morgan fingerprint density at radius 3 is 2.67 bits per heavy atom. The molecular formula is C16H19N3O2. The van der Waals surface area contributed by atoms with E-state index in [1.54, 1.807) is 12.4 Å². The van der Waals surface area contributed by atoms with Gasteiger partial charge in [-0.15, -0.1) is 0 Å². The lowest BCUT2D eigenvalue weighted by molar-refractivity contribution is 0.297. The van der Waals surface area contributed by atoms with Crippen LogP contribution in [-0.4, -0.2) is 27.7 Å². The van der Waals surface area contributed by atoms with E-state index >= 15 is 0 Å². The molecule has 2 aromatic rings. The van der Waals surface area contributed by atoms with Gasteiger partial charge < -0.3 is 15.2 Å². The summed E-state index contributed by atoms with van der Waals surface area (Å²) in [5.74, 6) is 0.690. The Hall–Kier alpha value is -1.98. The molecule has 1 aliphatic rings. The topological polar surface area (TPSA) is 67.3 Å². The second-order valence-corrected chi connectivity index (χ2v) is 5.21. The third kappa shape index (κ3) is 4.00. The van der Waals surface area contributed by atoms with Crippen LogP contribution in [0, 0.1) is 0 Å². The van der Waals surface area contributed by atoms with E-state index in [0.717, 1.165) is 17.7 Å². The predicted molar refractivity (Wildman–Crippen MR) is 79.2 cm³/mol. The Labute approximate surface area is 124 Å². The van der Waals surface area contributed by atoms with Crippen molar-refractivity contribution in [2.24, 2.45) is 0 Å². The molecule has 1 aliphatic carbocycles. The van der Waals surface area contributed by atoms with Crippen LogP contribution in [0.15, 0.2) is 36.7 Å². The molecule has 0 spiro atoms. The second kappa shape index (κ2) is 6.65. The van der Waals surface area contributed by atoms with Gasteiger partial charge in [-0.3, -0.25) is 0 Å². The van der Waals surface area contributed by atoms with Gasteiger partial charge in [0, 0.05) is 37.2 Å². The van der Waals surface area contributed by atoms with Gasteiger partial charge in [0.15, 0.2) is 0 Å². The standard InChI is InChI=1S/C16H19N3O2/c20-8-7-13-3-1-2-4-15(13)21-16-18-10-12(11-19-16)9-17-14-5-6-14/h1-4,10-11,14,17,20H,5-9H2. The fourth-order valence-electron chi connectivity index (χ4n) is 2.07. The first-order chi connectivity index (χ1) is 10.3. The fraction of sp³-hybridized carbons (Fsp3) is 0.375. The van der Waals surface area contributed by atoms with Crippen LogP contribution in [0.5, 0.6) is 11.8 Å². The molecule has 2 N–H and O–H groups in total. The molecule has 0 unspecified atom stereocenters. The van der Waals surface area contributed by atoms with Gasteiger partial charge in [0.05, 0.1) is 0 Å². The molecular weight excluding hydrogens is 266 g/mol. The average molecular weight is 285 g/mol. The van der Waals surface area contributed by atoms with Crippen LogP contribution in [0.1, 0.15) is 24.0 Å². The maximum atomic E-state index is 9.06. The van der Waals surface area contributed by atoms with Crippen LogP contribution >= 0.6 is 0 Å². The van der Waals surface area contributed by atoms with Crippen molar-refractivity contribution in [2.75, 3.05) is 6.61 Å². The van der Waals surface area contributed by atoms with E-state index < -0.39 is 0 Å². The zero-order chi connectivity index (χ0) is 14.5. The van der Waals surface area contributed by atoms with Crippen molar-refractivity contribution in [3.8, 4) is 11.8 Å². The van der Waals surface area contributed by atoms with Crippen molar-refractivity contribution >= 4 is 0 Å². The van der Waals surface area contributed by atoms with Crippen molar-refractivity contribution in [2.45, 2.75) is 31.8 Å². The largest absolute Gasteiger partial charge is 0.424 e. The molecule has 1 aromatic heterocycles. The molecule has 1 heterocycles. The van der Waals surface area contributed by atoms with Gasteiger partial charge in [-0.05, 0) is 30.9 Å². The molecule has 0 atom stereocenters. The van der Waals surface area contributed by atoms with Gasteiger partial charge >= 0.3 is 6.01 Å². The van der Waals surface area contributed by atoms with Crippen molar-refractivity contribution in [3.63, 3.8) is 0 Å². The molecule has 5 heteroatoms. The summed E-state index contributed by atoms with van der Waals surface area (Å²) >= 11 is 0. The van der Waals surface area contributed by atoms with Crippen molar-refractivity contribution in [3.05, 3.63) is 47.8 Å². The summed E-state index contributed by atoms with van der Waals surface area (Å²) in [4.78, 5) is 8.48. The number of nitrogens with zero attached hydrogens (tertiary/aromatic N) is 2. The average Bonchev–Trinajstić information content (AvgIpc) is 3.33. The van der Waals surface area contributed by atoms with E-state index in [0.29, 0.717) is 24.2 Å². The molecule has 1 aromatic carbocycles. The van der Waals surface area contributed by atoms with Gasteiger partial charge in [-0.1, -0.05) is 18.2 Å². The molecule has 0 radical (unpaired) electrons. The van der Waals surface area contributed by atoms with Crippen LogP contribution < -0.4 is 10.1 Å². The van der Waals surface area contributed by atoms with Crippen LogP contribution in [0.2, 0.25) is 0 Å². The second-order valence-electron chi connectivity index (χ2n) is 5.21. The molecule has 0 saturated heterocycles. The number of ether oxygens (including phenoxy) is 1. The number of benzene rings is 1. The normalized spacial score (nSPS) is 14.1. The SMILES string of the molecule is OCCc1ccccc1Oc1ncc(CNC2CC2)cn1. The highest BCUT2D eigenvalue weighted by Crippen LogP contribution is 2.23. The summed E-state index contributed by atoms with van der Waals surface area (Å²) in [6, 6.07) is 8.60. The molecule has 0 aliphatic heterocycles. The van der Waals surface area contributed by atoms with Crippen LogP contribution in [0.4, 0.5) is 0 Å². The molecule has 1 saturated carbocycles. The van der Waals surface area contributed by atoms with Crippen molar-refractivity contribution in [1.82, 2.24) is 15.3 Å². The number of aliphatic hydroxyl groups excluding tert-OH is 1. The van der Waals surface area contributed by atoms with E-state index in [-0.39, 0.29) is 6.61 Å². The first-order valence-corrected chi connectivity index (χ1v) is 7.26. The maximum absolute atomic E-state index is 9.06. The molecule has 5 nitrogen and oxygen atoms in total. The van der Waals surface area contributed by atoms with Crippen LogP contribution in [-0.2, 0) is 13.0 Å². The minimum atomic E-state index is 0.0903. The number of hydrogen-bond acceptors (Lipinski definition) is 5. The van der Waals surface area contributed by atoms with Crippen molar-refractivity contribution < 1.29 is 9.84 Å². The molecule has 0 amide bonds. The summed E-state index contributed by atoms with van der Waals surface area (Å²) in [5.41, 5.74) is 2.00. The minimum absolute atomic E-state index is 0.0903. The number of aliphatic hydroxyl groups is 1. The molecule has 21 heavy (non-hydrogen) atoms. The first-order valence-electron chi connectivity index (χ1n) is 7.26. The van der Waals surface area contributed by atoms with E-state index in [2.05, 4.69) is 15.3 Å². The van der Waals surface area contributed by atoms with E-state index in [9.17, 15) is 0 Å². The molecule has 3 rings (SSSR count). The van der Waals surface area contributed by atoms with Gasteiger partial charge in [-0.2, -0.15) is 0 Å². The lowest BCUT2D eigenvalue weighted by atomic mass is 10.1. The number of aromatic nitrogens is 2. The first kappa shape index (κ1) is 14.0. The monoisotopic (exact) mass is 285 g/mol. The van der Waals surface area contributed by atoms with E-state index in [1.165, 1.54) is 12.8 Å². The van der Waals surface area contributed by atoms with E-state index in [4.69, 9.17) is 9.84 Å². The highest BCUT2D eigenvalue weighted by atomic mass is 16.5. The Morgan fingerprint density at radius 1 is 1.19 bits per heavy atom. The lowest BCUT2D eigenvalue weighted by Gasteiger charge is -2.09. The van der Waals surface area contributed by atoms with E-state index in [1.807, 2.05) is 24.3 Å². The number of nitrogens with one attached hydrogen (secondary N) is 1.